The number of carbonyl (C=O) groups is 1. The highest BCUT2D eigenvalue weighted by atomic mass is 32.2. The van der Waals surface area contributed by atoms with Gasteiger partial charge in [-0.15, -0.1) is 0 Å². The molecule has 0 aliphatic heterocycles. The Balaban J connectivity index is 3.99. The first kappa shape index (κ1) is 44.8. The average molecular weight is 672 g/mol. The van der Waals surface area contributed by atoms with Gasteiger partial charge in [0.05, 0.1) is 17.9 Å². The smallest absolute Gasteiger partial charge is 0.267 e. The summed E-state index contributed by atoms with van der Waals surface area (Å²) in [6, 6.07) is -1.24. The van der Waals surface area contributed by atoms with E-state index < -0.39 is 40.0 Å². The molecule has 46 heavy (non-hydrogen) atoms. The maximum atomic E-state index is 12.4. The van der Waals surface area contributed by atoms with E-state index in [1.165, 1.54) is 134 Å². The SMILES string of the molecule is CCCCCC/C=C\CCC(O)C(=O)NC(CS(=O)(=O)O)C(O)/C=C/CCCCCCCCCCCCCCCCCCCCC. The topological polar surface area (TPSA) is 124 Å². The van der Waals surface area contributed by atoms with E-state index in [4.69, 9.17) is 0 Å². The molecule has 0 aliphatic rings. The van der Waals surface area contributed by atoms with Gasteiger partial charge in [0.15, 0.2) is 0 Å². The highest BCUT2D eigenvalue weighted by Gasteiger charge is 2.27. The maximum absolute atomic E-state index is 12.4. The van der Waals surface area contributed by atoms with Crippen molar-refractivity contribution in [3.63, 3.8) is 0 Å². The Bertz CT molecular complexity index is 844. The molecule has 0 saturated carbocycles. The number of carbonyl (C=O) groups excluding carboxylic acids is 1. The molecule has 0 aromatic rings. The summed E-state index contributed by atoms with van der Waals surface area (Å²) in [5, 5.41) is 23.2. The van der Waals surface area contributed by atoms with Crippen molar-refractivity contribution in [2.75, 3.05) is 5.75 Å². The molecule has 1 amide bonds. The summed E-state index contributed by atoms with van der Waals surface area (Å²) in [5.74, 6) is -1.58. The number of aliphatic hydroxyl groups excluding tert-OH is 2. The number of unbranched alkanes of at least 4 members (excludes halogenated alkanes) is 23. The molecule has 7 nitrogen and oxygen atoms in total. The number of aliphatic hydroxyl groups is 2. The van der Waals surface area contributed by atoms with Crippen LogP contribution in [0.25, 0.3) is 0 Å². The third kappa shape index (κ3) is 31.4. The van der Waals surface area contributed by atoms with Crippen molar-refractivity contribution in [3.05, 3.63) is 24.3 Å². The molecule has 3 unspecified atom stereocenters. The van der Waals surface area contributed by atoms with Gasteiger partial charge in [-0.1, -0.05) is 173 Å². The predicted octanol–water partition coefficient (Wildman–Crippen LogP) is 9.77. The largest absolute Gasteiger partial charge is 0.387 e. The van der Waals surface area contributed by atoms with Crippen LogP contribution in [0.2, 0.25) is 0 Å². The third-order valence-electron chi connectivity index (χ3n) is 8.74. The quantitative estimate of drug-likeness (QED) is 0.0307. The zero-order chi connectivity index (χ0) is 34.1. The minimum atomic E-state index is -4.44. The van der Waals surface area contributed by atoms with Crippen molar-refractivity contribution < 1.29 is 28.0 Å². The molecule has 8 heteroatoms. The zero-order valence-electron chi connectivity index (χ0n) is 29.8. The maximum Gasteiger partial charge on any atom is 0.267 e. The molecule has 0 rings (SSSR count). The Kier molecular flexibility index (Phi) is 31.5. The lowest BCUT2D eigenvalue weighted by Crippen LogP contribution is -2.50. The van der Waals surface area contributed by atoms with Crippen molar-refractivity contribution in [3.8, 4) is 0 Å². The van der Waals surface area contributed by atoms with Gasteiger partial charge in [-0.3, -0.25) is 9.35 Å². The molecular weight excluding hydrogens is 598 g/mol. The van der Waals surface area contributed by atoms with Crippen molar-refractivity contribution in [2.24, 2.45) is 0 Å². The molecule has 0 bridgehead atoms. The van der Waals surface area contributed by atoms with Gasteiger partial charge in [-0.25, -0.2) is 0 Å². The minimum absolute atomic E-state index is 0.196. The Morgan fingerprint density at radius 2 is 0.957 bits per heavy atom. The monoisotopic (exact) mass is 672 g/mol. The third-order valence-corrected chi connectivity index (χ3v) is 9.52. The van der Waals surface area contributed by atoms with Crippen LogP contribution in [0.5, 0.6) is 0 Å². The van der Waals surface area contributed by atoms with Gasteiger partial charge in [0.1, 0.15) is 6.10 Å². The fourth-order valence-electron chi connectivity index (χ4n) is 5.75. The molecule has 0 heterocycles. The summed E-state index contributed by atoms with van der Waals surface area (Å²) < 4.78 is 32.3. The second-order valence-electron chi connectivity index (χ2n) is 13.3. The highest BCUT2D eigenvalue weighted by Crippen LogP contribution is 2.15. The van der Waals surface area contributed by atoms with Crippen molar-refractivity contribution in [1.29, 1.82) is 0 Å². The average Bonchev–Trinajstić information content (AvgIpc) is 3.01. The van der Waals surface area contributed by atoms with Crippen molar-refractivity contribution in [2.45, 2.75) is 205 Å². The van der Waals surface area contributed by atoms with Crippen LogP contribution < -0.4 is 5.32 Å². The summed E-state index contributed by atoms with van der Waals surface area (Å²) >= 11 is 0. The van der Waals surface area contributed by atoms with E-state index in [9.17, 15) is 28.0 Å². The van der Waals surface area contributed by atoms with Gasteiger partial charge in [0, 0.05) is 0 Å². The van der Waals surface area contributed by atoms with E-state index in [1.54, 1.807) is 6.08 Å². The van der Waals surface area contributed by atoms with Gasteiger partial charge >= 0.3 is 0 Å². The van der Waals surface area contributed by atoms with Crippen LogP contribution in [0.15, 0.2) is 24.3 Å². The number of rotatable bonds is 34. The van der Waals surface area contributed by atoms with Gasteiger partial charge < -0.3 is 15.5 Å². The van der Waals surface area contributed by atoms with Gasteiger partial charge in [-0.05, 0) is 38.5 Å². The zero-order valence-corrected chi connectivity index (χ0v) is 30.6. The van der Waals surface area contributed by atoms with E-state index in [0.717, 1.165) is 32.1 Å². The van der Waals surface area contributed by atoms with Crippen LogP contribution >= 0.6 is 0 Å². The lowest BCUT2D eigenvalue weighted by molar-refractivity contribution is -0.130. The van der Waals surface area contributed by atoms with Crippen molar-refractivity contribution in [1.82, 2.24) is 5.32 Å². The lowest BCUT2D eigenvalue weighted by Gasteiger charge is -2.22. The van der Waals surface area contributed by atoms with Crippen LogP contribution in [0.1, 0.15) is 187 Å². The molecule has 0 radical (unpaired) electrons. The number of hydrogen-bond acceptors (Lipinski definition) is 5. The molecule has 0 saturated heterocycles. The van der Waals surface area contributed by atoms with Gasteiger partial charge in [0.25, 0.3) is 10.1 Å². The van der Waals surface area contributed by atoms with E-state index in [1.807, 2.05) is 6.08 Å². The summed E-state index contributed by atoms with van der Waals surface area (Å²) in [6.07, 6.45) is 37.0. The molecule has 0 aliphatic carbocycles. The minimum Gasteiger partial charge on any atom is -0.387 e. The number of amides is 1. The van der Waals surface area contributed by atoms with E-state index >= 15 is 0 Å². The van der Waals surface area contributed by atoms with E-state index in [2.05, 4.69) is 25.2 Å². The lowest BCUT2D eigenvalue weighted by atomic mass is 10.0. The predicted molar refractivity (Wildman–Crippen MR) is 195 cm³/mol. The van der Waals surface area contributed by atoms with E-state index in [0.29, 0.717) is 6.42 Å². The summed E-state index contributed by atoms with van der Waals surface area (Å²) in [7, 11) is -4.44. The van der Waals surface area contributed by atoms with Crippen LogP contribution in [0.3, 0.4) is 0 Å². The first-order valence-corrected chi connectivity index (χ1v) is 20.8. The molecule has 4 N–H and O–H groups in total. The first-order valence-electron chi connectivity index (χ1n) is 19.1. The molecule has 0 aromatic heterocycles. The van der Waals surface area contributed by atoms with Gasteiger partial charge in [-0.2, -0.15) is 8.42 Å². The fraction of sp³-hybridized carbons (Fsp3) is 0.868. The second-order valence-corrected chi connectivity index (χ2v) is 14.8. The number of hydrogen-bond donors (Lipinski definition) is 4. The van der Waals surface area contributed by atoms with E-state index in [-0.39, 0.29) is 6.42 Å². The van der Waals surface area contributed by atoms with Crippen LogP contribution in [0.4, 0.5) is 0 Å². The highest BCUT2D eigenvalue weighted by molar-refractivity contribution is 7.85. The standard InChI is InChI=1S/C38H73NO6S/c1-3-5-7-9-11-13-14-15-16-17-18-19-20-21-22-23-24-25-27-28-30-32-36(40)35(34-46(43,44)45)39-38(42)37(41)33-31-29-26-12-10-8-6-4-2/h26,29-30,32,35-37,40-41H,3-25,27-28,31,33-34H2,1-2H3,(H,39,42)(H,43,44,45)/b29-26-,32-30+. The Morgan fingerprint density at radius 1 is 0.587 bits per heavy atom. The normalized spacial score (nSPS) is 14.3. The molecule has 3 atom stereocenters. The van der Waals surface area contributed by atoms with Gasteiger partial charge in [0.2, 0.25) is 5.91 Å². The van der Waals surface area contributed by atoms with Crippen molar-refractivity contribution >= 4 is 16.0 Å². The molecule has 0 aromatic carbocycles. The Hall–Kier alpha value is -1.22. The first-order chi connectivity index (χ1) is 22.2. The summed E-state index contributed by atoms with van der Waals surface area (Å²) in [5.41, 5.74) is 0. The Morgan fingerprint density at radius 3 is 1.39 bits per heavy atom. The second kappa shape index (κ2) is 32.3. The van der Waals surface area contributed by atoms with Crippen LogP contribution in [0, 0.1) is 0 Å². The molecule has 0 spiro atoms. The number of allylic oxidation sites excluding steroid dienone is 3. The molecular formula is C38H73NO6S. The summed E-state index contributed by atoms with van der Waals surface area (Å²) in [4.78, 5) is 12.4. The van der Waals surface area contributed by atoms with Crippen LogP contribution in [-0.4, -0.2) is 53.1 Å². The summed E-state index contributed by atoms with van der Waals surface area (Å²) in [6.45, 7) is 4.44. The fourth-order valence-corrected chi connectivity index (χ4v) is 6.49. The molecule has 0 fully saturated rings. The number of nitrogens with one attached hydrogen (secondary N) is 1. The molecule has 272 valence electrons. The van der Waals surface area contributed by atoms with Crippen LogP contribution in [-0.2, 0) is 14.9 Å². The Labute approximate surface area is 284 Å².